The van der Waals surface area contributed by atoms with E-state index < -0.39 is 10.0 Å². The lowest BCUT2D eigenvalue weighted by Gasteiger charge is -2.17. The predicted octanol–water partition coefficient (Wildman–Crippen LogP) is 5.77. The van der Waals surface area contributed by atoms with Crippen LogP contribution in [0.2, 0.25) is 0 Å². The second kappa shape index (κ2) is 10.1. The van der Waals surface area contributed by atoms with Gasteiger partial charge < -0.3 is 15.4 Å². The Morgan fingerprint density at radius 3 is 2.39 bits per heavy atom. The first-order valence-corrected chi connectivity index (χ1v) is 12.2. The number of ether oxygens (including phenoxy) is 1. The summed E-state index contributed by atoms with van der Waals surface area (Å²) in [5, 5.41) is 6.31. The third-order valence-corrected chi connectivity index (χ3v) is 6.36. The summed E-state index contributed by atoms with van der Waals surface area (Å²) >= 11 is 8.77. The smallest absolute Gasteiger partial charge is 0.263 e. The average Bonchev–Trinajstić information content (AvgIpc) is 2.72. The maximum Gasteiger partial charge on any atom is 0.263 e. The van der Waals surface area contributed by atoms with Crippen molar-refractivity contribution in [3.63, 3.8) is 0 Å². The highest BCUT2D eigenvalue weighted by atomic mass is 79.9. The van der Waals surface area contributed by atoms with E-state index in [2.05, 4.69) is 31.3 Å². The number of para-hydroxylation sites is 2. The molecule has 0 saturated heterocycles. The molecular formula is C22H22BrN3O3S2. The molecule has 0 unspecified atom stereocenters. The molecule has 0 aromatic heterocycles. The van der Waals surface area contributed by atoms with Crippen molar-refractivity contribution in [3.05, 3.63) is 76.8 Å². The fourth-order valence-corrected chi connectivity index (χ4v) is 4.60. The monoisotopic (exact) mass is 519 g/mol. The van der Waals surface area contributed by atoms with Crippen LogP contribution in [-0.4, -0.2) is 20.1 Å². The SMILES string of the molecule is CCOc1ccccc1NC(=S)Nc1ccc(C)cc1S(=O)(=O)Nc1ccc(Br)cc1. The van der Waals surface area contributed by atoms with Crippen molar-refractivity contribution < 1.29 is 13.2 Å². The molecular weight excluding hydrogens is 498 g/mol. The third-order valence-electron chi connectivity index (χ3n) is 4.21. The summed E-state index contributed by atoms with van der Waals surface area (Å²) in [6.07, 6.45) is 0. The van der Waals surface area contributed by atoms with E-state index in [1.165, 1.54) is 0 Å². The summed E-state index contributed by atoms with van der Waals surface area (Å²) in [7, 11) is -3.85. The van der Waals surface area contributed by atoms with Gasteiger partial charge in [-0.05, 0) is 80.2 Å². The van der Waals surface area contributed by atoms with Crippen LogP contribution in [0.3, 0.4) is 0 Å². The number of aryl methyl sites for hydroxylation is 1. The van der Waals surface area contributed by atoms with Crippen LogP contribution in [0.5, 0.6) is 5.75 Å². The van der Waals surface area contributed by atoms with Gasteiger partial charge >= 0.3 is 0 Å². The van der Waals surface area contributed by atoms with E-state index in [4.69, 9.17) is 17.0 Å². The normalized spacial score (nSPS) is 10.9. The van der Waals surface area contributed by atoms with Gasteiger partial charge in [0.2, 0.25) is 0 Å². The molecule has 0 amide bonds. The Kier molecular flexibility index (Phi) is 7.53. The van der Waals surface area contributed by atoms with Gasteiger partial charge in [0.05, 0.1) is 18.0 Å². The minimum absolute atomic E-state index is 0.0951. The van der Waals surface area contributed by atoms with Crippen molar-refractivity contribution in [2.24, 2.45) is 0 Å². The lowest BCUT2D eigenvalue weighted by atomic mass is 10.2. The van der Waals surface area contributed by atoms with Crippen molar-refractivity contribution in [2.45, 2.75) is 18.7 Å². The Bertz CT molecular complexity index is 1180. The highest BCUT2D eigenvalue weighted by molar-refractivity contribution is 9.10. The number of thiocarbonyl (C=S) groups is 1. The number of benzene rings is 3. The van der Waals surface area contributed by atoms with E-state index in [1.54, 1.807) is 36.4 Å². The highest BCUT2D eigenvalue weighted by Crippen LogP contribution is 2.27. The van der Waals surface area contributed by atoms with Crippen LogP contribution in [0.15, 0.2) is 76.1 Å². The Balaban J connectivity index is 1.84. The molecule has 0 aliphatic carbocycles. The van der Waals surface area contributed by atoms with Crippen LogP contribution in [-0.2, 0) is 10.0 Å². The van der Waals surface area contributed by atoms with Crippen molar-refractivity contribution in [1.29, 1.82) is 0 Å². The Labute approximate surface area is 196 Å². The Morgan fingerprint density at radius 2 is 1.68 bits per heavy atom. The summed E-state index contributed by atoms with van der Waals surface area (Å²) < 4.78 is 35.2. The molecule has 9 heteroatoms. The number of anilines is 3. The van der Waals surface area contributed by atoms with Crippen LogP contribution < -0.4 is 20.1 Å². The largest absolute Gasteiger partial charge is 0.492 e. The minimum Gasteiger partial charge on any atom is -0.492 e. The van der Waals surface area contributed by atoms with Crippen LogP contribution >= 0.6 is 28.1 Å². The zero-order valence-electron chi connectivity index (χ0n) is 17.0. The maximum absolute atomic E-state index is 13.1. The molecule has 0 aliphatic rings. The Hall–Kier alpha value is -2.62. The summed E-state index contributed by atoms with van der Waals surface area (Å²) in [5.41, 5.74) is 2.32. The van der Waals surface area contributed by atoms with Gasteiger partial charge in [0.15, 0.2) is 5.11 Å². The first kappa shape index (κ1) is 23.1. The van der Waals surface area contributed by atoms with Crippen molar-refractivity contribution in [1.82, 2.24) is 0 Å². The number of rotatable bonds is 7. The topological polar surface area (TPSA) is 79.5 Å². The van der Waals surface area contributed by atoms with E-state index in [9.17, 15) is 8.42 Å². The fraction of sp³-hybridized carbons (Fsp3) is 0.136. The van der Waals surface area contributed by atoms with E-state index in [0.29, 0.717) is 29.4 Å². The van der Waals surface area contributed by atoms with Gasteiger partial charge in [-0.3, -0.25) is 4.72 Å². The summed E-state index contributed by atoms with van der Waals surface area (Å²) in [4.78, 5) is 0.0951. The first-order chi connectivity index (χ1) is 14.8. The van der Waals surface area contributed by atoms with Crippen molar-refractivity contribution >= 4 is 60.3 Å². The molecule has 3 rings (SSSR count). The van der Waals surface area contributed by atoms with Gasteiger partial charge in [-0.1, -0.05) is 34.1 Å². The van der Waals surface area contributed by atoms with Crippen LogP contribution in [0.25, 0.3) is 0 Å². The van der Waals surface area contributed by atoms with Gasteiger partial charge in [0, 0.05) is 10.2 Å². The number of hydrogen-bond acceptors (Lipinski definition) is 4. The first-order valence-electron chi connectivity index (χ1n) is 9.47. The summed E-state index contributed by atoms with van der Waals surface area (Å²) in [5.74, 6) is 0.655. The number of hydrogen-bond donors (Lipinski definition) is 3. The molecule has 6 nitrogen and oxygen atoms in total. The summed E-state index contributed by atoms with van der Waals surface area (Å²) in [6, 6.07) is 19.4. The maximum atomic E-state index is 13.1. The zero-order valence-corrected chi connectivity index (χ0v) is 20.2. The zero-order chi connectivity index (χ0) is 22.4. The molecule has 0 aliphatic heterocycles. The van der Waals surface area contributed by atoms with Crippen LogP contribution in [0, 0.1) is 6.92 Å². The molecule has 0 heterocycles. The lowest BCUT2D eigenvalue weighted by molar-refractivity contribution is 0.342. The molecule has 0 radical (unpaired) electrons. The fourth-order valence-electron chi connectivity index (χ4n) is 2.81. The van der Waals surface area contributed by atoms with Gasteiger partial charge in [-0.25, -0.2) is 8.42 Å². The molecule has 0 fully saturated rings. The van der Waals surface area contributed by atoms with Gasteiger partial charge in [-0.2, -0.15) is 0 Å². The molecule has 31 heavy (non-hydrogen) atoms. The summed E-state index contributed by atoms with van der Waals surface area (Å²) in [6.45, 7) is 4.24. The molecule has 0 saturated carbocycles. The van der Waals surface area contributed by atoms with Gasteiger partial charge in [-0.15, -0.1) is 0 Å². The molecule has 0 bridgehead atoms. The van der Waals surface area contributed by atoms with E-state index in [0.717, 1.165) is 10.0 Å². The predicted molar refractivity (Wildman–Crippen MR) is 134 cm³/mol. The number of halogens is 1. The second-order valence-corrected chi connectivity index (χ2v) is 9.60. The van der Waals surface area contributed by atoms with Crippen LogP contribution in [0.4, 0.5) is 17.1 Å². The van der Waals surface area contributed by atoms with Crippen molar-refractivity contribution in [3.8, 4) is 5.75 Å². The second-order valence-electron chi connectivity index (χ2n) is 6.62. The Morgan fingerprint density at radius 1 is 1.00 bits per heavy atom. The number of sulfonamides is 1. The molecule has 3 aromatic rings. The van der Waals surface area contributed by atoms with Crippen LogP contribution in [0.1, 0.15) is 12.5 Å². The molecule has 0 atom stereocenters. The average molecular weight is 520 g/mol. The highest BCUT2D eigenvalue weighted by Gasteiger charge is 2.20. The van der Waals surface area contributed by atoms with Gasteiger partial charge in [0.25, 0.3) is 10.0 Å². The standard InChI is InChI=1S/C22H22BrN3O3S2/c1-3-29-20-7-5-4-6-18(20)24-22(30)25-19-13-8-15(2)14-21(19)31(27,28)26-17-11-9-16(23)10-12-17/h4-14,26H,3H2,1-2H3,(H2,24,25,30). The van der Waals surface area contributed by atoms with Crippen molar-refractivity contribution in [2.75, 3.05) is 22.0 Å². The molecule has 0 spiro atoms. The molecule has 3 aromatic carbocycles. The van der Waals surface area contributed by atoms with E-state index in [1.807, 2.05) is 44.2 Å². The quantitative estimate of drug-likeness (QED) is 0.344. The molecule has 162 valence electrons. The van der Waals surface area contributed by atoms with Gasteiger partial charge in [0.1, 0.15) is 10.6 Å². The minimum atomic E-state index is -3.85. The van der Waals surface area contributed by atoms with E-state index >= 15 is 0 Å². The van der Waals surface area contributed by atoms with E-state index in [-0.39, 0.29) is 10.0 Å². The lowest BCUT2D eigenvalue weighted by Crippen LogP contribution is -2.22. The third kappa shape index (κ3) is 6.19. The number of nitrogens with one attached hydrogen (secondary N) is 3. The molecule has 3 N–H and O–H groups in total.